The summed E-state index contributed by atoms with van der Waals surface area (Å²) >= 11 is 13.7. The van der Waals surface area contributed by atoms with Crippen LogP contribution in [0.3, 0.4) is 0 Å². The van der Waals surface area contributed by atoms with Crippen molar-refractivity contribution in [1.29, 1.82) is 5.26 Å². The van der Waals surface area contributed by atoms with Gasteiger partial charge in [0.2, 0.25) is 0 Å². The van der Waals surface area contributed by atoms with E-state index in [0.717, 1.165) is 33.2 Å². The van der Waals surface area contributed by atoms with E-state index in [4.69, 9.17) is 28.2 Å². The Labute approximate surface area is 157 Å². The summed E-state index contributed by atoms with van der Waals surface area (Å²) in [7, 11) is 0. The van der Waals surface area contributed by atoms with Crippen molar-refractivity contribution in [3.8, 4) is 28.6 Å². The van der Waals surface area contributed by atoms with Crippen molar-refractivity contribution in [2.24, 2.45) is 0 Å². The number of fused-ring (bicyclic) bond motifs is 1. The molecule has 4 aromatic rings. The highest BCUT2D eigenvalue weighted by molar-refractivity contribution is 7.15. The van der Waals surface area contributed by atoms with Crippen molar-refractivity contribution in [3.05, 3.63) is 63.8 Å². The van der Waals surface area contributed by atoms with Crippen LogP contribution in [0.5, 0.6) is 0 Å². The van der Waals surface area contributed by atoms with Gasteiger partial charge in [-0.15, -0.1) is 11.3 Å². The van der Waals surface area contributed by atoms with Crippen molar-refractivity contribution in [3.63, 3.8) is 0 Å². The van der Waals surface area contributed by atoms with Gasteiger partial charge in [-0.25, -0.2) is 4.98 Å². The zero-order valence-electron chi connectivity index (χ0n) is 12.8. The maximum Gasteiger partial charge on any atom is 0.194 e. The molecule has 122 valence electrons. The number of benzene rings is 1. The summed E-state index contributed by atoms with van der Waals surface area (Å²) in [6.45, 7) is 0. The number of hydrogen-bond donors (Lipinski definition) is 0. The van der Waals surface area contributed by atoms with Gasteiger partial charge in [0, 0.05) is 28.9 Å². The van der Waals surface area contributed by atoms with E-state index in [-0.39, 0.29) is 6.42 Å². The molecule has 1 aromatic carbocycles. The summed E-state index contributed by atoms with van der Waals surface area (Å²) in [6.07, 6.45) is 3.74. The summed E-state index contributed by atoms with van der Waals surface area (Å²) in [6, 6.07) is 11.5. The molecule has 0 fully saturated rings. The summed E-state index contributed by atoms with van der Waals surface area (Å²) in [5.41, 5.74) is 4.45. The van der Waals surface area contributed by atoms with Gasteiger partial charge >= 0.3 is 0 Å². The molecule has 0 saturated carbocycles. The number of rotatable bonds is 3. The average molecular weight is 385 g/mol. The first kappa shape index (κ1) is 16.1. The Morgan fingerprint density at radius 2 is 1.88 bits per heavy atom. The quantitative estimate of drug-likeness (QED) is 0.468. The first-order valence-corrected chi connectivity index (χ1v) is 9.04. The van der Waals surface area contributed by atoms with Crippen molar-refractivity contribution in [1.82, 2.24) is 14.4 Å². The van der Waals surface area contributed by atoms with E-state index in [1.54, 1.807) is 24.5 Å². The maximum absolute atomic E-state index is 9.32. The molecule has 7 heteroatoms. The van der Waals surface area contributed by atoms with E-state index in [2.05, 4.69) is 11.1 Å². The van der Waals surface area contributed by atoms with Gasteiger partial charge < -0.3 is 0 Å². The molecular formula is C18H10Cl2N4S. The predicted molar refractivity (Wildman–Crippen MR) is 101 cm³/mol. The molecule has 0 spiro atoms. The van der Waals surface area contributed by atoms with Crippen molar-refractivity contribution < 1.29 is 0 Å². The van der Waals surface area contributed by atoms with Gasteiger partial charge in [-0.1, -0.05) is 29.3 Å². The summed E-state index contributed by atoms with van der Waals surface area (Å²) < 4.78 is 2.03. The van der Waals surface area contributed by atoms with Crippen LogP contribution in [0, 0.1) is 11.3 Å². The molecule has 0 aliphatic heterocycles. The molecule has 0 unspecified atom stereocenters. The highest BCUT2D eigenvalue weighted by atomic mass is 35.5. The summed E-state index contributed by atoms with van der Waals surface area (Å²) in [5, 5.41) is 12.3. The molecule has 0 N–H and O–H groups in total. The van der Waals surface area contributed by atoms with E-state index in [1.807, 2.05) is 28.0 Å². The number of hydrogen-bond acceptors (Lipinski definition) is 4. The van der Waals surface area contributed by atoms with E-state index in [9.17, 15) is 5.26 Å². The van der Waals surface area contributed by atoms with Crippen LogP contribution >= 0.6 is 34.5 Å². The molecule has 0 saturated heterocycles. The van der Waals surface area contributed by atoms with Crippen LogP contribution in [0.1, 0.15) is 5.69 Å². The highest BCUT2D eigenvalue weighted by Crippen LogP contribution is 2.35. The first-order valence-electron chi connectivity index (χ1n) is 7.40. The minimum absolute atomic E-state index is 0.242. The lowest BCUT2D eigenvalue weighted by atomic mass is 10.1. The standard InChI is InChI=1S/C18H10Cl2N4S/c19-13-2-1-12(9-14(13)20)17-15(3-6-21)24-16(10-25-18(24)23-17)11-4-7-22-8-5-11/h1-2,4-5,7-10H,3H2. The molecule has 0 aliphatic carbocycles. The van der Waals surface area contributed by atoms with Gasteiger partial charge in [0.25, 0.3) is 0 Å². The molecule has 4 rings (SSSR count). The van der Waals surface area contributed by atoms with Crippen LogP contribution in [0.2, 0.25) is 10.0 Å². The molecule has 0 aliphatic rings. The Kier molecular flexibility index (Phi) is 4.18. The SMILES string of the molecule is N#CCc1c(-c2ccc(Cl)c(Cl)c2)nc2scc(-c3ccncc3)n12. The van der Waals surface area contributed by atoms with Gasteiger partial charge in [0.1, 0.15) is 0 Å². The number of pyridine rings is 1. The number of thiazole rings is 1. The second kappa shape index (κ2) is 6.49. The predicted octanol–water partition coefficient (Wildman–Crippen LogP) is 5.50. The third kappa shape index (κ3) is 2.79. The van der Waals surface area contributed by atoms with E-state index in [1.165, 1.54) is 11.3 Å². The third-order valence-corrected chi connectivity index (χ3v) is 5.44. The fourth-order valence-corrected chi connectivity index (χ4v) is 3.97. The molecule has 0 bridgehead atoms. The number of nitrogens with zero attached hydrogens (tertiary/aromatic N) is 4. The van der Waals surface area contributed by atoms with Gasteiger partial charge in [0.15, 0.2) is 4.96 Å². The smallest absolute Gasteiger partial charge is 0.194 e. The second-order valence-corrected chi connectivity index (χ2v) is 7.00. The number of imidazole rings is 1. The normalized spacial score (nSPS) is 10.9. The molecule has 25 heavy (non-hydrogen) atoms. The second-order valence-electron chi connectivity index (χ2n) is 5.35. The van der Waals surface area contributed by atoms with Gasteiger partial charge in [-0.05, 0) is 24.3 Å². The zero-order valence-corrected chi connectivity index (χ0v) is 15.1. The average Bonchev–Trinajstić information content (AvgIpc) is 3.19. The molecular weight excluding hydrogens is 375 g/mol. The van der Waals surface area contributed by atoms with Crippen LogP contribution in [-0.4, -0.2) is 14.4 Å². The van der Waals surface area contributed by atoms with Crippen LogP contribution in [0.15, 0.2) is 48.1 Å². The number of nitriles is 1. The minimum atomic E-state index is 0.242. The van der Waals surface area contributed by atoms with Crippen LogP contribution < -0.4 is 0 Å². The Balaban J connectivity index is 1.97. The Bertz CT molecular complexity index is 1110. The lowest BCUT2D eigenvalue weighted by Crippen LogP contribution is -1.95. The van der Waals surface area contributed by atoms with Crippen molar-refractivity contribution in [2.45, 2.75) is 6.42 Å². The lowest BCUT2D eigenvalue weighted by molar-refractivity contribution is 1.08. The van der Waals surface area contributed by atoms with Crippen LogP contribution in [-0.2, 0) is 6.42 Å². The van der Waals surface area contributed by atoms with Crippen molar-refractivity contribution >= 4 is 39.5 Å². The Morgan fingerprint density at radius 3 is 2.60 bits per heavy atom. The lowest BCUT2D eigenvalue weighted by Gasteiger charge is -2.05. The minimum Gasteiger partial charge on any atom is -0.286 e. The molecule has 0 radical (unpaired) electrons. The summed E-state index contributed by atoms with van der Waals surface area (Å²) in [4.78, 5) is 9.63. The van der Waals surface area contributed by atoms with Gasteiger partial charge in [-0.3, -0.25) is 9.38 Å². The topological polar surface area (TPSA) is 54.0 Å². The monoisotopic (exact) mass is 384 g/mol. The van der Waals surface area contributed by atoms with Crippen LogP contribution in [0.25, 0.3) is 27.5 Å². The van der Waals surface area contributed by atoms with Crippen LogP contribution in [0.4, 0.5) is 0 Å². The highest BCUT2D eigenvalue weighted by Gasteiger charge is 2.19. The number of halogens is 2. The Hall–Kier alpha value is -2.39. The first-order chi connectivity index (χ1) is 12.2. The van der Waals surface area contributed by atoms with E-state index in [0.29, 0.717) is 10.0 Å². The van der Waals surface area contributed by atoms with E-state index >= 15 is 0 Å². The van der Waals surface area contributed by atoms with Gasteiger partial charge in [0.05, 0.1) is 39.6 Å². The van der Waals surface area contributed by atoms with Gasteiger partial charge in [-0.2, -0.15) is 5.26 Å². The largest absolute Gasteiger partial charge is 0.286 e. The Morgan fingerprint density at radius 1 is 1.08 bits per heavy atom. The van der Waals surface area contributed by atoms with E-state index < -0.39 is 0 Å². The maximum atomic E-state index is 9.32. The van der Waals surface area contributed by atoms with Crippen molar-refractivity contribution in [2.75, 3.05) is 0 Å². The summed E-state index contributed by atoms with van der Waals surface area (Å²) in [5.74, 6) is 0. The molecule has 4 nitrogen and oxygen atoms in total. The molecule has 3 heterocycles. The fraction of sp³-hybridized carbons (Fsp3) is 0.0556. The number of aromatic nitrogens is 3. The zero-order chi connectivity index (χ0) is 17.4. The molecule has 0 atom stereocenters. The third-order valence-electron chi connectivity index (χ3n) is 3.87. The molecule has 0 amide bonds. The fourth-order valence-electron chi connectivity index (χ4n) is 2.75. The molecule has 3 aromatic heterocycles.